The van der Waals surface area contributed by atoms with Crippen molar-refractivity contribution in [1.29, 1.82) is 0 Å². The van der Waals surface area contributed by atoms with Crippen LogP contribution in [0, 0.1) is 12.8 Å². The normalized spacial score (nSPS) is 11.4. The standard InChI is InChI=1S/C21H28ClN5O/c1-14(2)7-8-16(23)13-27(24)18-11-9-17(10-12-18)25-21(28)26-20-6-4-5-19(22)15(20)3/h4-6,9-14H,7-8,23-24H2,1-3H3,(H2,25,26,28)/b16-13-. The van der Waals surface area contributed by atoms with Crippen molar-refractivity contribution >= 4 is 34.7 Å². The first kappa shape index (κ1) is 21.6. The fourth-order valence-corrected chi connectivity index (χ4v) is 2.69. The van der Waals surface area contributed by atoms with Crippen LogP contribution in [0.5, 0.6) is 0 Å². The second kappa shape index (κ2) is 10.0. The first-order chi connectivity index (χ1) is 13.3. The predicted octanol–water partition coefficient (Wildman–Crippen LogP) is 5.21. The molecule has 0 aliphatic carbocycles. The minimum atomic E-state index is -0.347. The van der Waals surface area contributed by atoms with Crippen LogP contribution < -0.4 is 27.2 Å². The third-order valence-electron chi connectivity index (χ3n) is 4.25. The Bertz CT molecular complexity index is 833. The number of halogens is 1. The van der Waals surface area contributed by atoms with Gasteiger partial charge in [0.05, 0.1) is 5.69 Å². The largest absolute Gasteiger partial charge is 0.401 e. The Labute approximate surface area is 171 Å². The molecule has 0 unspecified atom stereocenters. The zero-order valence-corrected chi connectivity index (χ0v) is 17.3. The summed E-state index contributed by atoms with van der Waals surface area (Å²) in [6, 6.07) is 12.2. The van der Waals surface area contributed by atoms with E-state index in [-0.39, 0.29) is 6.03 Å². The summed E-state index contributed by atoms with van der Waals surface area (Å²) in [4.78, 5) is 12.2. The average molecular weight is 402 g/mol. The third kappa shape index (κ3) is 6.48. The van der Waals surface area contributed by atoms with Gasteiger partial charge in [-0.25, -0.2) is 10.6 Å². The van der Waals surface area contributed by atoms with Crippen molar-refractivity contribution in [2.75, 3.05) is 15.6 Å². The number of nitrogens with zero attached hydrogens (tertiary/aromatic N) is 1. The summed E-state index contributed by atoms with van der Waals surface area (Å²) in [5.74, 6) is 6.64. The SMILES string of the molecule is Cc1c(Cl)cccc1NC(=O)Nc1ccc(N(N)/C=C(\N)CCC(C)C)cc1. The Morgan fingerprint density at radius 2 is 1.86 bits per heavy atom. The van der Waals surface area contributed by atoms with E-state index in [9.17, 15) is 4.79 Å². The molecule has 150 valence electrons. The van der Waals surface area contributed by atoms with E-state index < -0.39 is 0 Å². The first-order valence-corrected chi connectivity index (χ1v) is 9.57. The van der Waals surface area contributed by atoms with Gasteiger partial charge < -0.3 is 16.4 Å². The number of nitrogens with one attached hydrogen (secondary N) is 2. The number of hydrogen-bond donors (Lipinski definition) is 4. The monoisotopic (exact) mass is 401 g/mol. The molecule has 0 spiro atoms. The summed E-state index contributed by atoms with van der Waals surface area (Å²) >= 11 is 6.07. The highest BCUT2D eigenvalue weighted by atomic mass is 35.5. The smallest absolute Gasteiger partial charge is 0.323 e. The van der Waals surface area contributed by atoms with Crippen LogP contribution in [-0.2, 0) is 0 Å². The summed E-state index contributed by atoms with van der Waals surface area (Å²) in [7, 11) is 0. The maximum absolute atomic E-state index is 12.2. The summed E-state index contributed by atoms with van der Waals surface area (Å²) in [6.45, 7) is 6.16. The highest BCUT2D eigenvalue weighted by Crippen LogP contribution is 2.23. The van der Waals surface area contributed by atoms with Gasteiger partial charge in [-0.05, 0) is 67.6 Å². The number of rotatable bonds is 7. The van der Waals surface area contributed by atoms with Crippen molar-refractivity contribution in [3.05, 3.63) is 64.9 Å². The van der Waals surface area contributed by atoms with Crippen LogP contribution in [0.1, 0.15) is 32.3 Å². The molecule has 0 saturated heterocycles. The van der Waals surface area contributed by atoms with Crippen molar-refractivity contribution in [1.82, 2.24) is 0 Å². The Hall–Kier alpha value is -2.70. The minimum Gasteiger partial charge on any atom is -0.401 e. The number of benzene rings is 2. The Morgan fingerprint density at radius 1 is 1.18 bits per heavy atom. The molecule has 0 atom stereocenters. The molecule has 0 fully saturated rings. The van der Waals surface area contributed by atoms with Crippen molar-refractivity contribution in [2.45, 2.75) is 33.6 Å². The predicted molar refractivity (Wildman–Crippen MR) is 118 cm³/mol. The van der Waals surface area contributed by atoms with Crippen molar-refractivity contribution in [3.63, 3.8) is 0 Å². The first-order valence-electron chi connectivity index (χ1n) is 9.19. The van der Waals surface area contributed by atoms with Gasteiger partial charge >= 0.3 is 6.03 Å². The number of urea groups is 1. The van der Waals surface area contributed by atoms with Gasteiger partial charge in [0.25, 0.3) is 0 Å². The Kier molecular flexibility index (Phi) is 7.72. The lowest BCUT2D eigenvalue weighted by Crippen LogP contribution is -2.26. The molecule has 2 rings (SSSR count). The van der Waals surface area contributed by atoms with Gasteiger partial charge in [-0.2, -0.15) is 0 Å². The van der Waals surface area contributed by atoms with E-state index in [1.165, 1.54) is 5.01 Å². The van der Waals surface area contributed by atoms with Crippen molar-refractivity contribution in [2.24, 2.45) is 17.5 Å². The number of hydrazine groups is 1. The van der Waals surface area contributed by atoms with Crippen LogP contribution >= 0.6 is 11.6 Å². The summed E-state index contributed by atoms with van der Waals surface area (Å²) in [6.07, 6.45) is 3.54. The minimum absolute atomic E-state index is 0.347. The number of anilines is 3. The van der Waals surface area contributed by atoms with Crippen molar-refractivity contribution in [3.8, 4) is 0 Å². The summed E-state index contributed by atoms with van der Waals surface area (Å²) in [5.41, 5.74) is 9.64. The molecule has 7 heteroatoms. The lowest BCUT2D eigenvalue weighted by molar-refractivity contribution is 0.262. The molecule has 6 nitrogen and oxygen atoms in total. The number of carbonyl (C=O) groups excluding carboxylic acids is 1. The molecular weight excluding hydrogens is 374 g/mol. The van der Waals surface area contributed by atoms with E-state index in [4.69, 9.17) is 23.2 Å². The van der Waals surface area contributed by atoms with Crippen LogP contribution in [0.25, 0.3) is 0 Å². The zero-order chi connectivity index (χ0) is 20.7. The molecule has 6 N–H and O–H groups in total. The van der Waals surface area contributed by atoms with Crippen LogP contribution in [0.15, 0.2) is 54.4 Å². The number of amides is 2. The maximum Gasteiger partial charge on any atom is 0.323 e. The molecule has 2 aromatic carbocycles. The van der Waals surface area contributed by atoms with E-state index in [1.807, 2.05) is 19.1 Å². The molecular formula is C21H28ClN5O. The molecule has 0 aliphatic rings. The highest BCUT2D eigenvalue weighted by molar-refractivity contribution is 6.31. The lowest BCUT2D eigenvalue weighted by Gasteiger charge is -2.16. The number of allylic oxidation sites excluding steroid dienone is 1. The van der Waals surface area contributed by atoms with Gasteiger partial charge in [0.15, 0.2) is 0 Å². The molecule has 0 aliphatic heterocycles. The summed E-state index contributed by atoms with van der Waals surface area (Å²) in [5, 5.41) is 7.66. The van der Waals surface area contributed by atoms with E-state index in [0.29, 0.717) is 22.3 Å². The van der Waals surface area contributed by atoms with E-state index >= 15 is 0 Å². The number of nitrogens with two attached hydrogens (primary N) is 2. The molecule has 2 aromatic rings. The molecule has 0 saturated carbocycles. The van der Waals surface area contributed by atoms with Gasteiger partial charge in [0.1, 0.15) is 0 Å². The maximum atomic E-state index is 12.2. The fourth-order valence-electron chi connectivity index (χ4n) is 2.52. The second-order valence-corrected chi connectivity index (χ2v) is 7.49. The Balaban J connectivity index is 1.95. The van der Waals surface area contributed by atoms with Crippen LogP contribution in [-0.4, -0.2) is 6.03 Å². The van der Waals surface area contributed by atoms with Crippen LogP contribution in [0.3, 0.4) is 0 Å². The third-order valence-corrected chi connectivity index (χ3v) is 4.66. The Morgan fingerprint density at radius 3 is 2.50 bits per heavy atom. The molecule has 0 radical (unpaired) electrons. The molecule has 0 heterocycles. The fraction of sp³-hybridized carbons (Fsp3) is 0.286. The summed E-state index contributed by atoms with van der Waals surface area (Å²) < 4.78 is 0. The van der Waals surface area contributed by atoms with E-state index in [0.717, 1.165) is 29.8 Å². The second-order valence-electron chi connectivity index (χ2n) is 7.08. The quantitative estimate of drug-likeness (QED) is 0.378. The van der Waals surface area contributed by atoms with Gasteiger partial charge in [-0.1, -0.05) is 31.5 Å². The molecule has 2 amide bonds. The van der Waals surface area contributed by atoms with Gasteiger partial charge in [0.2, 0.25) is 0 Å². The van der Waals surface area contributed by atoms with E-state index in [2.05, 4.69) is 24.5 Å². The highest BCUT2D eigenvalue weighted by Gasteiger charge is 2.08. The molecule has 0 aromatic heterocycles. The lowest BCUT2D eigenvalue weighted by atomic mass is 10.1. The van der Waals surface area contributed by atoms with Crippen molar-refractivity contribution < 1.29 is 4.79 Å². The molecule has 0 bridgehead atoms. The van der Waals surface area contributed by atoms with Crippen LogP contribution in [0.4, 0.5) is 21.9 Å². The number of hydrogen-bond acceptors (Lipinski definition) is 4. The van der Waals surface area contributed by atoms with E-state index in [1.54, 1.807) is 36.5 Å². The van der Waals surface area contributed by atoms with Crippen LogP contribution in [0.2, 0.25) is 5.02 Å². The topological polar surface area (TPSA) is 96.4 Å². The zero-order valence-electron chi connectivity index (χ0n) is 16.5. The number of carbonyl (C=O) groups is 1. The molecule has 28 heavy (non-hydrogen) atoms. The van der Waals surface area contributed by atoms with Gasteiger partial charge in [-0.15, -0.1) is 0 Å². The van der Waals surface area contributed by atoms with Gasteiger partial charge in [-0.3, -0.25) is 5.01 Å². The average Bonchev–Trinajstić information content (AvgIpc) is 2.64. The van der Waals surface area contributed by atoms with Gasteiger partial charge in [0, 0.05) is 28.3 Å².